The van der Waals surface area contributed by atoms with Crippen LogP contribution in [0.2, 0.25) is 0 Å². The molecule has 0 aromatic heterocycles. The van der Waals surface area contributed by atoms with Gasteiger partial charge in [-0.05, 0) is 37.5 Å². The summed E-state index contributed by atoms with van der Waals surface area (Å²) >= 11 is 0. The summed E-state index contributed by atoms with van der Waals surface area (Å²) in [5.41, 5.74) is 13.5. The molecule has 0 saturated heterocycles. The van der Waals surface area contributed by atoms with Gasteiger partial charge in [-0.15, -0.1) is 5.73 Å². The van der Waals surface area contributed by atoms with Crippen molar-refractivity contribution < 1.29 is 0 Å². The molecule has 2 rings (SSSR count). The molecule has 0 fully saturated rings. The van der Waals surface area contributed by atoms with Gasteiger partial charge in [0.1, 0.15) is 5.54 Å². The van der Waals surface area contributed by atoms with E-state index in [9.17, 15) is 0 Å². The van der Waals surface area contributed by atoms with E-state index >= 15 is 0 Å². The Morgan fingerprint density at radius 2 is 1.58 bits per heavy atom. The normalized spacial score (nSPS) is 13.1. The van der Waals surface area contributed by atoms with Crippen molar-refractivity contribution in [3.05, 3.63) is 138 Å². The van der Waals surface area contributed by atoms with E-state index in [4.69, 9.17) is 5.73 Å². The molecule has 0 aliphatic heterocycles. The quantitative estimate of drug-likeness (QED) is 0.226. The molecule has 158 valence electrons. The molecular formula is C28H31N3. The summed E-state index contributed by atoms with van der Waals surface area (Å²) in [4.78, 5) is 4.25. The van der Waals surface area contributed by atoms with Crippen LogP contribution in [0.1, 0.15) is 31.9 Å². The monoisotopic (exact) mass is 409 g/mol. The van der Waals surface area contributed by atoms with Crippen LogP contribution >= 0.6 is 0 Å². The molecule has 0 bridgehead atoms. The Labute approximate surface area is 186 Å². The van der Waals surface area contributed by atoms with E-state index in [1.54, 1.807) is 0 Å². The zero-order valence-corrected chi connectivity index (χ0v) is 18.6. The van der Waals surface area contributed by atoms with Gasteiger partial charge in [0.25, 0.3) is 0 Å². The summed E-state index contributed by atoms with van der Waals surface area (Å²) in [6.07, 6.45) is 9.25. The van der Waals surface area contributed by atoms with E-state index in [0.29, 0.717) is 0 Å². The molecule has 3 nitrogen and oxygen atoms in total. The molecule has 2 aromatic rings. The summed E-state index contributed by atoms with van der Waals surface area (Å²) in [6.45, 7) is 13.8. The molecule has 0 atom stereocenters. The first-order valence-electron chi connectivity index (χ1n) is 10.2. The fourth-order valence-corrected chi connectivity index (χ4v) is 3.55. The third-order valence-corrected chi connectivity index (χ3v) is 5.17. The van der Waals surface area contributed by atoms with E-state index in [1.807, 2.05) is 75.4 Å². The highest BCUT2D eigenvalue weighted by Gasteiger charge is 2.37. The molecule has 0 amide bonds. The zero-order valence-electron chi connectivity index (χ0n) is 18.6. The average molecular weight is 410 g/mol. The molecule has 0 aliphatic carbocycles. The lowest BCUT2D eigenvalue weighted by atomic mass is 9.75. The van der Waals surface area contributed by atoms with Gasteiger partial charge in [-0.2, -0.15) is 0 Å². The number of nitrogens with two attached hydrogens (primary N) is 1. The minimum absolute atomic E-state index is 0.711. The van der Waals surface area contributed by atoms with Crippen molar-refractivity contribution >= 4 is 6.34 Å². The van der Waals surface area contributed by atoms with Crippen LogP contribution < -0.4 is 11.1 Å². The van der Waals surface area contributed by atoms with Gasteiger partial charge in [0.15, 0.2) is 0 Å². The van der Waals surface area contributed by atoms with Gasteiger partial charge >= 0.3 is 0 Å². The van der Waals surface area contributed by atoms with Crippen LogP contribution in [0.4, 0.5) is 0 Å². The van der Waals surface area contributed by atoms with Gasteiger partial charge in [-0.1, -0.05) is 98.1 Å². The van der Waals surface area contributed by atoms with Crippen LogP contribution in [0.3, 0.4) is 0 Å². The van der Waals surface area contributed by atoms with Crippen LogP contribution in [-0.4, -0.2) is 6.34 Å². The molecule has 0 unspecified atom stereocenters. The standard InChI is InChI=1S/C28H31N3/c1-6-15-24(16-7-2)28(25-17-11-9-12-18-25,26-19-13-10-14-20-26)31-27(8-3)22(4)23(5)30-21-29/h6-7,9-21,31H,1,3H2,2,4-5H3,(H2,29,30)/b16-7-,23-22-,24-15+. The number of hydrogen-bond acceptors (Lipinski definition) is 2. The Kier molecular flexibility index (Phi) is 8.63. The van der Waals surface area contributed by atoms with Crippen LogP contribution in [0.25, 0.3) is 0 Å². The third kappa shape index (κ3) is 5.22. The lowest BCUT2D eigenvalue weighted by Crippen LogP contribution is -2.44. The Balaban J connectivity index is 2.93. The SMILES string of the molecule is C=C=C(NC(C(/C=C\C)=C/C=C)(c1ccccc1)c1ccccc1)/C(C)=C(/C)N=CN. The maximum absolute atomic E-state index is 5.52. The van der Waals surface area contributed by atoms with Crippen LogP contribution in [0.15, 0.2) is 131 Å². The van der Waals surface area contributed by atoms with E-state index in [-0.39, 0.29) is 0 Å². The Morgan fingerprint density at radius 3 is 2.00 bits per heavy atom. The first-order chi connectivity index (χ1) is 15.0. The largest absolute Gasteiger partial charge is 0.390 e. The number of allylic oxidation sites excluding steroid dienone is 5. The number of benzene rings is 2. The smallest absolute Gasteiger partial charge is 0.114 e. The molecule has 31 heavy (non-hydrogen) atoms. The fourth-order valence-electron chi connectivity index (χ4n) is 3.55. The van der Waals surface area contributed by atoms with Crippen molar-refractivity contribution in [3.8, 4) is 0 Å². The second kappa shape index (κ2) is 11.4. The highest BCUT2D eigenvalue weighted by Crippen LogP contribution is 2.39. The van der Waals surface area contributed by atoms with Crippen molar-refractivity contribution in [2.24, 2.45) is 10.7 Å². The first kappa shape index (κ1) is 23.5. The highest BCUT2D eigenvalue weighted by molar-refractivity contribution is 5.56. The number of hydrogen-bond donors (Lipinski definition) is 2. The molecule has 0 saturated carbocycles. The Morgan fingerprint density at radius 1 is 1.03 bits per heavy atom. The second-order valence-electron chi connectivity index (χ2n) is 7.01. The van der Waals surface area contributed by atoms with Gasteiger partial charge in [0.05, 0.1) is 12.0 Å². The molecule has 0 radical (unpaired) electrons. The molecule has 3 N–H and O–H groups in total. The van der Waals surface area contributed by atoms with Crippen molar-refractivity contribution in [3.63, 3.8) is 0 Å². The number of nitrogens with zero attached hydrogens (tertiary/aromatic N) is 1. The Hall–Kier alpha value is -3.81. The maximum atomic E-state index is 5.52. The number of nitrogens with one attached hydrogen (secondary N) is 1. The van der Waals surface area contributed by atoms with Gasteiger partial charge in [0, 0.05) is 11.3 Å². The third-order valence-electron chi connectivity index (χ3n) is 5.17. The summed E-state index contributed by atoms with van der Waals surface area (Å²) in [5, 5.41) is 3.76. The van der Waals surface area contributed by atoms with Gasteiger partial charge < -0.3 is 11.1 Å². The van der Waals surface area contributed by atoms with Gasteiger partial charge in [-0.3, -0.25) is 0 Å². The topological polar surface area (TPSA) is 50.4 Å². The summed E-state index contributed by atoms with van der Waals surface area (Å²) in [7, 11) is 0. The summed E-state index contributed by atoms with van der Waals surface area (Å²) in [5.74, 6) is 0. The number of aliphatic imine (C=N–C) groups is 1. The molecule has 0 spiro atoms. The van der Waals surface area contributed by atoms with E-state index in [2.05, 4.69) is 59.5 Å². The van der Waals surface area contributed by atoms with Crippen LogP contribution in [0.5, 0.6) is 0 Å². The maximum Gasteiger partial charge on any atom is 0.114 e. The molecule has 0 aliphatic rings. The predicted octanol–water partition coefficient (Wildman–Crippen LogP) is 6.16. The van der Waals surface area contributed by atoms with Crippen molar-refractivity contribution in [1.82, 2.24) is 5.32 Å². The lowest BCUT2D eigenvalue weighted by Gasteiger charge is -2.39. The van der Waals surface area contributed by atoms with Gasteiger partial charge in [0.2, 0.25) is 0 Å². The minimum Gasteiger partial charge on any atom is -0.390 e. The highest BCUT2D eigenvalue weighted by atomic mass is 15.0. The average Bonchev–Trinajstić information content (AvgIpc) is 2.81. The predicted molar refractivity (Wildman–Crippen MR) is 134 cm³/mol. The Bertz CT molecular complexity index is 1010. The minimum atomic E-state index is -0.711. The fraction of sp³-hybridized carbons (Fsp3) is 0.143. The van der Waals surface area contributed by atoms with Crippen molar-refractivity contribution in [2.75, 3.05) is 0 Å². The van der Waals surface area contributed by atoms with Crippen LogP contribution in [-0.2, 0) is 5.54 Å². The zero-order chi connectivity index (χ0) is 22.7. The van der Waals surface area contributed by atoms with Gasteiger partial charge in [-0.25, -0.2) is 4.99 Å². The lowest BCUT2D eigenvalue weighted by molar-refractivity contribution is 0.531. The summed E-state index contributed by atoms with van der Waals surface area (Å²) in [6, 6.07) is 20.7. The van der Waals surface area contributed by atoms with E-state index in [1.165, 1.54) is 6.34 Å². The summed E-state index contributed by atoms with van der Waals surface area (Å²) < 4.78 is 0. The number of rotatable bonds is 9. The molecule has 3 heteroatoms. The van der Waals surface area contributed by atoms with Crippen molar-refractivity contribution in [1.29, 1.82) is 0 Å². The molecular weight excluding hydrogens is 378 g/mol. The first-order valence-corrected chi connectivity index (χ1v) is 10.2. The van der Waals surface area contributed by atoms with Crippen LogP contribution in [0, 0.1) is 0 Å². The molecule has 0 heterocycles. The van der Waals surface area contributed by atoms with Crippen molar-refractivity contribution in [2.45, 2.75) is 26.3 Å². The molecule has 2 aromatic carbocycles. The van der Waals surface area contributed by atoms with E-state index in [0.717, 1.165) is 33.7 Å². The van der Waals surface area contributed by atoms with E-state index < -0.39 is 5.54 Å². The second-order valence-corrected chi connectivity index (χ2v) is 7.01.